The Morgan fingerprint density at radius 2 is 2.15 bits per heavy atom. The van der Waals surface area contributed by atoms with Crippen molar-refractivity contribution >= 4 is 23.1 Å². The minimum Gasteiger partial charge on any atom is -0.485 e. The van der Waals surface area contributed by atoms with Crippen molar-refractivity contribution < 1.29 is 9.53 Å². The second kappa shape index (κ2) is 7.61. The molecule has 4 heterocycles. The number of aryl methyl sites for hydroxylation is 1. The third-order valence-electron chi connectivity index (χ3n) is 5.05. The number of aromatic nitrogens is 2. The molecule has 0 aromatic carbocycles. The van der Waals surface area contributed by atoms with Crippen LogP contribution in [0.4, 0.5) is 5.82 Å². The van der Waals surface area contributed by atoms with Gasteiger partial charge >= 0.3 is 0 Å². The van der Waals surface area contributed by atoms with Gasteiger partial charge in [0.1, 0.15) is 11.0 Å². The highest BCUT2D eigenvalue weighted by molar-refractivity contribution is 7.11. The molecule has 0 saturated carbocycles. The van der Waals surface area contributed by atoms with Crippen LogP contribution in [0.15, 0.2) is 23.8 Å². The number of hydrogen-bond donors (Lipinski definition) is 0. The maximum absolute atomic E-state index is 12.8. The molecule has 4 rings (SSSR count). The molecule has 7 heteroatoms. The van der Waals surface area contributed by atoms with Crippen molar-refractivity contribution in [2.45, 2.75) is 38.7 Å². The van der Waals surface area contributed by atoms with Gasteiger partial charge in [0.2, 0.25) is 0 Å². The minimum atomic E-state index is 0.0162. The second-order valence-electron chi connectivity index (χ2n) is 6.78. The lowest BCUT2D eigenvalue weighted by Gasteiger charge is -2.22. The van der Waals surface area contributed by atoms with E-state index in [0.717, 1.165) is 54.6 Å². The Balaban J connectivity index is 1.43. The van der Waals surface area contributed by atoms with Gasteiger partial charge < -0.3 is 14.5 Å². The number of thiazole rings is 1. The van der Waals surface area contributed by atoms with E-state index < -0.39 is 0 Å². The summed E-state index contributed by atoms with van der Waals surface area (Å²) in [4.78, 5) is 26.6. The van der Waals surface area contributed by atoms with Crippen molar-refractivity contribution in [3.63, 3.8) is 0 Å². The van der Waals surface area contributed by atoms with Gasteiger partial charge in [0.15, 0.2) is 11.6 Å². The molecule has 2 aromatic rings. The van der Waals surface area contributed by atoms with Crippen LogP contribution in [0.5, 0.6) is 5.75 Å². The van der Waals surface area contributed by atoms with Crippen LogP contribution in [0.2, 0.25) is 0 Å². The maximum atomic E-state index is 12.8. The molecule has 0 spiro atoms. The standard InChI is InChI=1S/C19H24N4O2S/c1-2-15-17(26-13-21-15)19(24)23-11-7-14(12-23)25-16-6-5-8-20-18(16)22-9-3-4-10-22/h5-6,8,13-14H,2-4,7,9-12H2,1H3/t14-/m0/s1. The van der Waals surface area contributed by atoms with Gasteiger partial charge in [-0.2, -0.15) is 0 Å². The van der Waals surface area contributed by atoms with Gasteiger partial charge in [-0.15, -0.1) is 11.3 Å². The Hall–Kier alpha value is -2.15. The fourth-order valence-corrected chi connectivity index (χ4v) is 4.52. The van der Waals surface area contributed by atoms with Gasteiger partial charge in [0, 0.05) is 32.3 Å². The maximum Gasteiger partial charge on any atom is 0.265 e. The van der Waals surface area contributed by atoms with Gasteiger partial charge in [-0.1, -0.05) is 6.92 Å². The monoisotopic (exact) mass is 372 g/mol. The number of carbonyl (C=O) groups excluding carboxylic acids is 1. The first-order valence-corrected chi connectivity index (χ1v) is 10.2. The van der Waals surface area contributed by atoms with E-state index in [1.54, 1.807) is 5.51 Å². The Bertz CT molecular complexity index is 772. The van der Waals surface area contributed by atoms with Crippen LogP contribution in [-0.4, -0.2) is 53.1 Å². The van der Waals surface area contributed by atoms with Crippen LogP contribution in [-0.2, 0) is 6.42 Å². The zero-order chi connectivity index (χ0) is 17.9. The Morgan fingerprint density at radius 1 is 1.31 bits per heavy atom. The number of amides is 1. The molecule has 2 aliphatic heterocycles. The van der Waals surface area contributed by atoms with E-state index in [-0.39, 0.29) is 12.0 Å². The number of carbonyl (C=O) groups is 1. The molecule has 0 radical (unpaired) electrons. The van der Waals surface area contributed by atoms with Gasteiger partial charge in [-0.05, 0) is 31.4 Å². The summed E-state index contributed by atoms with van der Waals surface area (Å²) in [5.41, 5.74) is 2.65. The summed E-state index contributed by atoms with van der Waals surface area (Å²) in [6.07, 6.45) is 5.88. The first-order valence-electron chi connectivity index (χ1n) is 9.34. The molecule has 2 saturated heterocycles. The average Bonchev–Trinajstić information content (AvgIpc) is 3.42. The minimum absolute atomic E-state index is 0.0162. The van der Waals surface area contributed by atoms with Gasteiger partial charge in [-0.3, -0.25) is 4.79 Å². The summed E-state index contributed by atoms with van der Waals surface area (Å²) in [5, 5.41) is 0. The first-order chi connectivity index (χ1) is 12.8. The smallest absolute Gasteiger partial charge is 0.265 e. The van der Waals surface area contributed by atoms with Crippen molar-refractivity contribution in [3.05, 3.63) is 34.4 Å². The molecule has 0 aliphatic carbocycles. The third-order valence-corrected chi connectivity index (χ3v) is 5.91. The number of hydrogen-bond acceptors (Lipinski definition) is 6. The lowest BCUT2D eigenvalue weighted by molar-refractivity contribution is 0.0776. The Labute approximate surface area is 157 Å². The number of anilines is 1. The van der Waals surface area contributed by atoms with Crippen LogP contribution < -0.4 is 9.64 Å². The van der Waals surface area contributed by atoms with Gasteiger partial charge in [-0.25, -0.2) is 9.97 Å². The van der Waals surface area contributed by atoms with Crippen LogP contribution in [0.1, 0.15) is 41.6 Å². The van der Waals surface area contributed by atoms with Crippen LogP contribution in [0.25, 0.3) is 0 Å². The lowest BCUT2D eigenvalue weighted by Crippen LogP contribution is -2.31. The molecular weight excluding hydrogens is 348 g/mol. The quantitative estimate of drug-likeness (QED) is 0.808. The molecule has 0 N–H and O–H groups in total. The number of rotatable bonds is 5. The highest BCUT2D eigenvalue weighted by atomic mass is 32.1. The third kappa shape index (κ3) is 3.40. The predicted molar refractivity (Wildman–Crippen MR) is 102 cm³/mol. The van der Waals surface area contributed by atoms with E-state index in [4.69, 9.17) is 4.74 Å². The fraction of sp³-hybridized carbons (Fsp3) is 0.526. The number of likely N-dealkylation sites (tertiary alicyclic amines) is 1. The number of ether oxygens (including phenoxy) is 1. The summed E-state index contributed by atoms with van der Waals surface area (Å²) >= 11 is 1.43. The lowest BCUT2D eigenvalue weighted by atomic mass is 10.3. The SMILES string of the molecule is CCc1ncsc1C(=O)N1CC[C@H](Oc2cccnc2N2CCCC2)C1. The van der Waals surface area contributed by atoms with E-state index in [2.05, 4.69) is 14.9 Å². The predicted octanol–water partition coefficient (Wildman–Crippen LogP) is 2.99. The summed E-state index contributed by atoms with van der Waals surface area (Å²) in [7, 11) is 0. The summed E-state index contributed by atoms with van der Waals surface area (Å²) in [6.45, 7) is 5.45. The van der Waals surface area contributed by atoms with Crippen molar-refractivity contribution in [2.24, 2.45) is 0 Å². The molecule has 2 aliphatic rings. The van der Waals surface area contributed by atoms with Crippen LogP contribution in [0.3, 0.4) is 0 Å². The van der Waals surface area contributed by atoms with Gasteiger partial charge in [0.25, 0.3) is 5.91 Å². The molecule has 26 heavy (non-hydrogen) atoms. The van der Waals surface area contributed by atoms with Crippen LogP contribution >= 0.6 is 11.3 Å². The summed E-state index contributed by atoms with van der Waals surface area (Å²) in [5.74, 6) is 1.85. The van der Waals surface area contributed by atoms with E-state index in [1.807, 2.05) is 30.2 Å². The van der Waals surface area contributed by atoms with E-state index >= 15 is 0 Å². The topological polar surface area (TPSA) is 58.6 Å². The molecular formula is C19H24N4O2S. The number of nitrogens with zero attached hydrogens (tertiary/aromatic N) is 4. The molecule has 0 unspecified atom stereocenters. The van der Waals surface area contributed by atoms with E-state index in [1.165, 1.54) is 24.2 Å². The summed E-state index contributed by atoms with van der Waals surface area (Å²) < 4.78 is 6.26. The van der Waals surface area contributed by atoms with Crippen LogP contribution in [0, 0.1) is 0 Å². The average molecular weight is 372 g/mol. The molecule has 0 bridgehead atoms. The summed E-state index contributed by atoms with van der Waals surface area (Å²) in [6, 6.07) is 3.90. The second-order valence-corrected chi connectivity index (χ2v) is 7.64. The highest BCUT2D eigenvalue weighted by Crippen LogP contribution is 2.30. The molecule has 1 atom stereocenters. The van der Waals surface area contributed by atoms with Crippen molar-refractivity contribution in [3.8, 4) is 5.75 Å². The molecule has 2 fully saturated rings. The molecule has 138 valence electrons. The first kappa shape index (κ1) is 17.3. The largest absolute Gasteiger partial charge is 0.485 e. The van der Waals surface area contributed by atoms with Crippen molar-refractivity contribution in [1.82, 2.24) is 14.9 Å². The fourth-order valence-electron chi connectivity index (χ4n) is 3.67. The normalized spacial score (nSPS) is 20.0. The Kier molecular flexibility index (Phi) is 5.06. The number of pyridine rings is 1. The molecule has 6 nitrogen and oxygen atoms in total. The molecule has 2 aromatic heterocycles. The van der Waals surface area contributed by atoms with E-state index in [9.17, 15) is 4.79 Å². The Morgan fingerprint density at radius 3 is 2.96 bits per heavy atom. The zero-order valence-corrected chi connectivity index (χ0v) is 15.9. The van der Waals surface area contributed by atoms with E-state index in [0.29, 0.717) is 6.54 Å². The zero-order valence-electron chi connectivity index (χ0n) is 15.1. The molecule has 1 amide bonds. The van der Waals surface area contributed by atoms with Gasteiger partial charge in [0.05, 0.1) is 17.7 Å². The van der Waals surface area contributed by atoms with Crippen molar-refractivity contribution in [2.75, 3.05) is 31.1 Å². The highest BCUT2D eigenvalue weighted by Gasteiger charge is 2.31. The van der Waals surface area contributed by atoms with Crippen molar-refractivity contribution in [1.29, 1.82) is 0 Å².